The van der Waals surface area contributed by atoms with E-state index >= 15 is 0 Å². The second-order valence-electron chi connectivity index (χ2n) is 16.6. The summed E-state index contributed by atoms with van der Waals surface area (Å²) in [6.45, 7) is 14.9. The Bertz CT molecular complexity index is 1500. The molecule has 1 aromatic carbocycles. The average molecular weight is 741 g/mol. The number of carbonyl (C=O) groups is 4. The van der Waals surface area contributed by atoms with Gasteiger partial charge < -0.3 is 26.2 Å². The van der Waals surface area contributed by atoms with E-state index in [2.05, 4.69) is 21.3 Å². The van der Waals surface area contributed by atoms with Crippen LogP contribution in [0.1, 0.15) is 79.4 Å². The first-order valence-corrected chi connectivity index (χ1v) is 19.5. The molecular formula is C36H58F2N6O6S. The van der Waals surface area contributed by atoms with Gasteiger partial charge in [0.05, 0.1) is 6.26 Å². The summed E-state index contributed by atoms with van der Waals surface area (Å²) in [6, 6.07) is 2.41. The third-order valence-corrected chi connectivity index (χ3v) is 11.3. The molecule has 1 fully saturated rings. The summed E-state index contributed by atoms with van der Waals surface area (Å²) in [5, 5.41) is 11.0. The van der Waals surface area contributed by atoms with Crippen LogP contribution in [0, 0.1) is 22.7 Å². The highest BCUT2D eigenvalue weighted by atomic mass is 32.2. The standard InChI is InChI=1S/C36H58F2N6O6S/c1-21(2)25-15-16-44(33(47)30(36(6,7)8)42-34(48)41-27(35(3,4)5)20-43(9)51(10,49)50)29(25)32(46)40-26(19-28(37)38)31(45)39-24-17-22-13-11-12-14-23(22)18-24/h11-14,21,24-30H,15-20H2,1-10H3,(H,39,45)(H,40,46)(H2,41,42,48)/t25?,26-,27+,29-,30+/m0/s1. The molecular weight excluding hydrogens is 682 g/mol. The van der Waals surface area contributed by atoms with Crippen molar-refractivity contribution in [1.29, 1.82) is 0 Å². The van der Waals surface area contributed by atoms with Crippen LogP contribution in [0.15, 0.2) is 24.3 Å². The number of halogens is 2. The van der Waals surface area contributed by atoms with Crippen LogP contribution in [0.25, 0.3) is 0 Å². The highest BCUT2D eigenvalue weighted by molar-refractivity contribution is 7.88. The van der Waals surface area contributed by atoms with Crippen LogP contribution in [0.5, 0.6) is 0 Å². The maximum Gasteiger partial charge on any atom is 0.315 e. The SMILES string of the molecule is CC(C)C1CCN(C(=O)[C@@H](NC(=O)N[C@H](CN(C)S(C)(=O)=O)C(C)(C)C)C(C)(C)C)[C@@H]1C(=O)N[C@@H](CC(F)F)C(=O)NC1Cc2ccccc2C1. The molecule has 1 saturated heterocycles. The molecule has 0 aromatic heterocycles. The van der Waals surface area contributed by atoms with Gasteiger partial charge in [0, 0.05) is 38.6 Å². The van der Waals surface area contributed by atoms with Gasteiger partial charge in [-0.2, -0.15) is 0 Å². The first kappa shape index (κ1) is 42.1. The van der Waals surface area contributed by atoms with Crippen LogP contribution >= 0.6 is 0 Å². The van der Waals surface area contributed by atoms with Crippen molar-refractivity contribution >= 4 is 33.8 Å². The number of nitrogens with one attached hydrogen (secondary N) is 4. The number of alkyl halides is 2. The fraction of sp³-hybridized carbons (Fsp3) is 0.722. The van der Waals surface area contributed by atoms with E-state index in [0.717, 1.165) is 21.7 Å². The topological polar surface area (TPSA) is 157 Å². The zero-order valence-electron chi connectivity index (χ0n) is 31.7. The number of hydrogen-bond acceptors (Lipinski definition) is 6. The van der Waals surface area contributed by atoms with Crippen molar-refractivity contribution in [1.82, 2.24) is 30.5 Å². The van der Waals surface area contributed by atoms with E-state index < -0.39 is 81.6 Å². The van der Waals surface area contributed by atoms with E-state index in [4.69, 9.17) is 0 Å². The van der Waals surface area contributed by atoms with E-state index in [1.165, 1.54) is 11.9 Å². The van der Waals surface area contributed by atoms with Gasteiger partial charge in [0.25, 0.3) is 0 Å². The number of hydrogen-bond donors (Lipinski definition) is 4. The molecule has 1 aliphatic carbocycles. The van der Waals surface area contributed by atoms with Crippen molar-refractivity contribution in [3.63, 3.8) is 0 Å². The number of likely N-dealkylation sites (N-methyl/N-ethyl adjacent to an activating group) is 1. The van der Waals surface area contributed by atoms with Crippen LogP contribution in [0.3, 0.4) is 0 Å². The molecule has 1 heterocycles. The second-order valence-corrected chi connectivity index (χ2v) is 18.7. The van der Waals surface area contributed by atoms with Crippen molar-refractivity contribution in [2.75, 3.05) is 26.4 Å². The molecule has 4 N–H and O–H groups in total. The Morgan fingerprint density at radius 2 is 1.51 bits per heavy atom. The van der Waals surface area contributed by atoms with Gasteiger partial charge in [-0.05, 0) is 53.1 Å². The molecule has 12 nitrogen and oxygen atoms in total. The quantitative estimate of drug-likeness (QED) is 0.243. The maximum absolute atomic E-state index is 14.4. The predicted octanol–water partition coefficient (Wildman–Crippen LogP) is 3.30. The predicted molar refractivity (Wildman–Crippen MR) is 192 cm³/mol. The van der Waals surface area contributed by atoms with Crippen LogP contribution in [0.2, 0.25) is 0 Å². The molecule has 5 atom stereocenters. The number of amides is 5. The Balaban J connectivity index is 1.82. The fourth-order valence-electron chi connectivity index (χ4n) is 6.80. The number of sulfonamides is 1. The van der Waals surface area contributed by atoms with Crippen LogP contribution in [-0.2, 0) is 37.2 Å². The van der Waals surface area contributed by atoms with Crippen molar-refractivity contribution in [3.05, 3.63) is 35.4 Å². The number of carbonyl (C=O) groups excluding carboxylic acids is 4. The summed E-state index contributed by atoms with van der Waals surface area (Å²) in [6.07, 6.45) is -1.12. The largest absolute Gasteiger partial charge is 0.351 e. The molecule has 15 heteroatoms. The summed E-state index contributed by atoms with van der Waals surface area (Å²) in [5.74, 6) is -2.34. The summed E-state index contributed by atoms with van der Waals surface area (Å²) < 4.78 is 53.0. The van der Waals surface area contributed by atoms with E-state index in [1.54, 1.807) is 20.8 Å². The van der Waals surface area contributed by atoms with Crippen LogP contribution in [-0.4, -0.2) is 104 Å². The molecule has 1 aliphatic heterocycles. The highest BCUT2D eigenvalue weighted by Gasteiger charge is 2.48. The Morgan fingerprint density at radius 3 is 1.98 bits per heavy atom. The monoisotopic (exact) mass is 740 g/mol. The van der Waals surface area contributed by atoms with Crippen LogP contribution in [0.4, 0.5) is 13.6 Å². The second kappa shape index (κ2) is 16.6. The normalized spacial score (nSPS) is 20.3. The van der Waals surface area contributed by atoms with E-state index in [1.807, 2.05) is 58.9 Å². The zero-order chi connectivity index (χ0) is 38.6. The van der Waals surface area contributed by atoms with Gasteiger partial charge in [-0.15, -0.1) is 0 Å². The van der Waals surface area contributed by atoms with E-state index in [9.17, 15) is 36.4 Å². The van der Waals surface area contributed by atoms with E-state index in [-0.39, 0.29) is 31.0 Å². The number of likely N-dealkylation sites (tertiary alicyclic amines) is 1. The average Bonchev–Trinajstić information content (AvgIpc) is 3.61. The number of rotatable bonds is 13. The molecule has 0 saturated carbocycles. The van der Waals surface area contributed by atoms with Gasteiger partial charge in [0.2, 0.25) is 34.2 Å². The molecule has 0 spiro atoms. The molecule has 1 aromatic rings. The Morgan fingerprint density at radius 1 is 0.941 bits per heavy atom. The van der Waals surface area contributed by atoms with Gasteiger partial charge in [0.15, 0.2) is 0 Å². The molecule has 0 bridgehead atoms. The van der Waals surface area contributed by atoms with Crippen molar-refractivity contribution < 1.29 is 36.4 Å². The van der Waals surface area contributed by atoms with Gasteiger partial charge in [-0.3, -0.25) is 14.4 Å². The van der Waals surface area contributed by atoms with Gasteiger partial charge in [0.1, 0.15) is 18.1 Å². The first-order chi connectivity index (χ1) is 23.4. The lowest BCUT2D eigenvalue weighted by Gasteiger charge is -2.38. The van der Waals surface area contributed by atoms with Gasteiger partial charge in [-0.1, -0.05) is 79.7 Å². The lowest BCUT2D eigenvalue weighted by atomic mass is 9.84. The Kier molecular flexibility index (Phi) is 13.7. The van der Waals surface area contributed by atoms with Gasteiger partial charge in [-0.25, -0.2) is 26.3 Å². The summed E-state index contributed by atoms with van der Waals surface area (Å²) in [7, 11) is -2.11. The number of benzene rings is 1. The molecule has 5 amide bonds. The number of urea groups is 1. The molecule has 288 valence electrons. The third kappa shape index (κ3) is 11.3. The number of nitrogens with zero attached hydrogens (tertiary/aromatic N) is 2. The molecule has 51 heavy (non-hydrogen) atoms. The minimum Gasteiger partial charge on any atom is -0.351 e. The molecule has 0 radical (unpaired) electrons. The molecule has 2 aliphatic rings. The van der Waals surface area contributed by atoms with Gasteiger partial charge >= 0.3 is 6.03 Å². The Hall–Kier alpha value is -3.33. The molecule has 3 rings (SSSR count). The van der Waals surface area contributed by atoms with Crippen molar-refractivity contribution in [3.8, 4) is 0 Å². The minimum absolute atomic E-state index is 0.00460. The zero-order valence-corrected chi connectivity index (χ0v) is 32.5. The van der Waals surface area contributed by atoms with Crippen LogP contribution < -0.4 is 21.3 Å². The lowest BCUT2D eigenvalue weighted by molar-refractivity contribution is -0.144. The van der Waals surface area contributed by atoms with Crippen molar-refractivity contribution in [2.24, 2.45) is 22.7 Å². The summed E-state index contributed by atoms with van der Waals surface area (Å²) in [4.78, 5) is 56.6. The van der Waals surface area contributed by atoms with E-state index in [0.29, 0.717) is 19.3 Å². The van der Waals surface area contributed by atoms with Crippen molar-refractivity contribution in [2.45, 2.75) is 118 Å². The lowest BCUT2D eigenvalue weighted by Crippen LogP contribution is -2.62. The Labute approximate surface area is 302 Å². The minimum atomic E-state index is -3.53. The molecule has 1 unspecified atom stereocenters. The first-order valence-electron chi connectivity index (χ1n) is 17.6. The summed E-state index contributed by atoms with van der Waals surface area (Å²) in [5.41, 5.74) is 0.762. The maximum atomic E-state index is 14.4. The third-order valence-electron chi connectivity index (χ3n) is 10.0. The number of fused-ring (bicyclic) bond motifs is 1. The smallest absolute Gasteiger partial charge is 0.315 e. The fourth-order valence-corrected chi connectivity index (χ4v) is 7.22. The summed E-state index contributed by atoms with van der Waals surface area (Å²) >= 11 is 0. The highest BCUT2D eigenvalue weighted by Crippen LogP contribution is 2.34.